The van der Waals surface area contributed by atoms with Crippen molar-refractivity contribution in [2.45, 2.75) is 31.1 Å². The van der Waals surface area contributed by atoms with Gasteiger partial charge in [-0.3, -0.25) is 0 Å². The molecule has 1 aromatic rings. The van der Waals surface area contributed by atoms with E-state index in [1.54, 1.807) is 13.1 Å². The molecule has 110 valence electrons. The third-order valence-electron chi connectivity index (χ3n) is 4.49. The summed E-state index contributed by atoms with van der Waals surface area (Å²) in [5.41, 5.74) is 2.19. The van der Waals surface area contributed by atoms with Crippen molar-refractivity contribution < 1.29 is 8.42 Å². The number of hydrogen-bond donors (Lipinski definition) is 1. The lowest BCUT2D eigenvalue weighted by molar-refractivity contribution is 0.444. The molecule has 0 spiro atoms. The van der Waals surface area contributed by atoms with Gasteiger partial charge in [-0.25, -0.2) is 12.7 Å². The summed E-state index contributed by atoms with van der Waals surface area (Å²) < 4.78 is 26.7. The van der Waals surface area contributed by atoms with E-state index in [4.69, 9.17) is 0 Å². The van der Waals surface area contributed by atoms with E-state index in [9.17, 15) is 8.42 Å². The van der Waals surface area contributed by atoms with Gasteiger partial charge in [0, 0.05) is 25.8 Å². The first-order chi connectivity index (χ1) is 9.48. The van der Waals surface area contributed by atoms with Crippen LogP contribution in [-0.2, 0) is 16.4 Å². The summed E-state index contributed by atoms with van der Waals surface area (Å²) in [6.45, 7) is 3.78. The Kier molecular flexibility index (Phi) is 3.50. The highest BCUT2D eigenvalue weighted by Crippen LogP contribution is 2.39. The van der Waals surface area contributed by atoms with Gasteiger partial charge in [0.2, 0.25) is 10.0 Å². The smallest absolute Gasteiger partial charge is 0.242 e. The largest absolute Gasteiger partial charge is 0.385 e. The second-order valence-corrected chi connectivity index (χ2v) is 8.15. The highest BCUT2D eigenvalue weighted by molar-refractivity contribution is 7.89. The van der Waals surface area contributed by atoms with Crippen LogP contribution >= 0.6 is 0 Å². The number of sulfonamides is 1. The lowest BCUT2D eigenvalue weighted by Crippen LogP contribution is -2.29. The summed E-state index contributed by atoms with van der Waals surface area (Å²) in [6.07, 6.45) is 3.16. The molecule has 0 bridgehead atoms. The van der Waals surface area contributed by atoms with Crippen molar-refractivity contribution in [1.82, 2.24) is 4.31 Å². The van der Waals surface area contributed by atoms with Crippen LogP contribution in [0.1, 0.15) is 25.3 Å². The number of hydrogen-bond acceptors (Lipinski definition) is 3. The van der Waals surface area contributed by atoms with E-state index in [0.717, 1.165) is 37.1 Å². The van der Waals surface area contributed by atoms with Crippen molar-refractivity contribution in [1.29, 1.82) is 0 Å². The van der Waals surface area contributed by atoms with E-state index in [1.165, 1.54) is 4.31 Å². The lowest BCUT2D eigenvalue weighted by atomic mass is 10.0. The highest BCUT2D eigenvalue weighted by Gasteiger charge is 2.36. The average Bonchev–Trinajstić information content (AvgIpc) is 3.13. The Bertz CT molecular complexity index is 612. The Morgan fingerprint density at radius 3 is 2.85 bits per heavy atom. The molecule has 2 atom stereocenters. The van der Waals surface area contributed by atoms with E-state index < -0.39 is 10.0 Å². The SMILES string of the molecule is CC1CC1CN(C)S(=O)(=O)c1ccc2c(c1)CCCN2. The summed E-state index contributed by atoms with van der Waals surface area (Å²) in [5, 5.41) is 3.31. The molecular weight excluding hydrogens is 272 g/mol. The number of aryl methyl sites for hydroxylation is 1. The van der Waals surface area contributed by atoms with Crippen LogP contribution in [0.4, 0.5) is 5.69 Å². The molecule has 2 aliphatic rings. The molecule has 4 nitrogen and oxygen atoms in total. The number of rotatable bonds is 4. The summed E-state index contributed by atoms with van der Waals surface area (Å²) in [5.74, 6) is 1.20. The summed E-state index contributed by atoms with van der Waals surface area (Å²) >= 11 is 0. The average molecular weight is 294 g/mol. The fraction of sp³-hybridized carbons (Fsp3) is 0.600. The zero-order valence-corrected chi connectivity index (χ0v) is 12.9. The molecule has 0 aromatic heterocycles. The van der Waals surface area contributed by atoms with Gasteiger partial charge in [0.05, 0.1) is 4.90 Å². The van der Waals surface area contributed by atoms with Crippen molar-refractivity contribution in [3.63, 3.8) is 0 Å². The monoisotopic (exact) mass is 294 g/mol. The van der Waals surface area contributed by atoms with Crippen LogP contribution in [0.5, 0.6) is 0 Å². The van der Waals surface area contributed by atoms with Crippen LogP contribution in [0.15, 0.2) is 23.1 Å². The molecule has 1 aliphatic carbocycles. The van der Waals surface area contributed by atoms with Gasteiger partial charge in [-0.1, -0.05) is 6.92 Å². The zero-order valence-electron chi connectivity index (χ0n) is 12.1. The Hall–Kier alpha value is -1.07. The Morgan fingerprint density at radius 1 is 1.40 bits per heavy atom. The van der Waals surface area contributed by atoms with E-state index >= 15 is 0 Å². The minimum atomic E-state index is -3.35. The number of benzene rings is 1. The second-order valence-electron chi connectivity index (χ2n) is 6.11. The fourth-order valence-electron chi connectivity index (χ4n) is 2.87. The zero-order chi connectivity index (χ0) is 14.3. The van der Waals surface area contributed by atoms with E-state index in [-0.39, 0.29) is 0 Å². The normalized spacial score (nSPS) is 25.1. The summed E-state index contributed by atoms with van der Waals surface area (Å²) in [6, 6.07) is 5.46. The maximum atomic E-state index is 12.6. The Morgan fingerprint density at radius 2 is 2.15 bits per heavy atom. The van der Waals surface area contributed by atoms with Crippen molar-refractivity contribution in [3.8, 4) is 0 Å². The maximum absolute atomic E-state index is 12.6. The van der Waals surface area contributed by atoms with Crippen molar-refractivity contribution in [3.05, 3.63) is 23.8 Å². The third kappa shape index (κ3) is 2.56. The fourth-order valence-corrected chi connectivity index (χ4v) is 4.15. The minimum absolute atomic E-state index is 0.427. The van der Waals surface area contributed by atoms with Crippen LogP contribution in [0.2, 0.25) is 0 Å². The van der Waals surface area contributed by atoms with Crippen LogP contribution in [0.3, 0.4) is 0 Å². The predicted molar refractivity (Wildman–Crippen MR) is 80.3 cm³/mol. The molecule has 0 amide bonds. The van der Waals surface area contributed by atoms with Gasteiger partial charge in [-0.15, -0.1) is 0 Å². The molecule has 1 heterocycles. The lowest BCUT2D eigenvalue weighted by Gasteiger charge is -2.21. The van der Waals surface area contributed by atoms with Crippen molar-refractivity contribution >= 4 is 15.7 Å². The van der Waals surface area contributed by atoms with E-state index in [0.29, 0.717) is 23.3 Å². The molecule has 1 saturated carbocycles. The molecule has 3 rings (SSSR count). The molecular formula is C15H22N2O2S. The molecule has 20 heavy (non-hydrogen) atoms. The number of nitrogens with one attached hydrogen (secondary N) is 1. The quantitative estimate of drug-likeness (QED) is 0.927. The van der Waals surface area contributed by atoms with Crippen LogP contribution in [0, 0.1) is 11.8 Å². The number of nitrogens with zero attached hydrogens (tertiary/aromatic N) is 1. The van der Waals surface area contributed by atoms with Gasteiger partial charge in [0.1, 0.15) is 0 Å². The number of anilines is 1. The molecule has 2 unspecified atom stereocenters. The van der Waals surface area contributed by atoms with Gasteiger partial charge >= 0.3 is 0 Å². The van der Waals surface area contributed by atoms with Crippen molar-refractivity contribution in [2.75, 3.05) is 25.5 Å². The first kappa shape index (κ1) is 13.9. The molecule has 5 heteroatoms. The van der Waals surface area contributed by atoms with Crippen LogP contribution in [0.25, 0.3) is 0 Å². The van der Waals surface area contributed by atoms with Gasteiger partial charge < -0.3 is 5.32 Å². The molecule has 1 N–H and O–H groups in total. The van der Waals surface area contributed by atoms with Crippen molar-refractivity contribution in [2.24, 2.45) is 11.8 Å². The Balaban J connectivity index is 1.83. The summed E-state index contributed by atoms with van der Waals surface area (Å²) in [4.78, 5) is 0.427. The van der Waals surface area contributed by atoms with E-state index in [2.05, 4.69) is 12.2 Å². The maximum Gasteiger partial charge on any atom is 0.242 e. The van der Waals surface area contributed by atoms with Gasteiger partial charge in [0.15, 0.2) is 0 Å². The third-order valence-corrected chi connectivity index (χ3v) is 6.31. The Labute approximate surface area is 121 Å². The summed E-state index contributed by atoms with van der Waals surface area (Å²) in [7, 11) is -1.65. The molecule has 1 fully saturated rings. The predicted octanol–water partition coefficient (Wildman–Crippen LogP) is 2.32. The van der Waals surface area contributed by atoms with E-state index in [1.807, 2.05) is 12.1 Å². The molecule has 1 aromatic carbocycles. The van der Waals surface area contributed by atoms with Crippen LogP contribution in [-0.4, -0.2) is 32.9 Å². The molecule has 0 radical (unpaired) electrons. The first-order valence-electron chi connectivity index (χ1n) is 7.31. The first-order valence-corrected chi connectivity index (χ1v) is 8.75. The minimum Gasteiger partial charge on any atom is -0.385 e. The standard InChI is InChI=1S/C15H22N2O2S/c1-11-8-13(11)10-17(2)20(18,19)14-5-6-15-12(9-14)4-3-7-16-15/h5-6,9,11,13,16H,3-4,7-8,10H2,1-2H3. The topological polar surface area (TPSA) is 49.4 Å². The highest BCUT2D eigenvalue weighted by atomic mass is 32.2. The molecule has 0 saturated heterocycles. The molecule has 1 aliphatic heterocycles. The van der Waals surface area contributed by atoms with Crippen LogP contribution < -0.4 is 5.32 Å². The van der Waals surface area contributed by atoms with Gasteiger partial charge in [-0.05, 0) is 54.9 Å². The van der Waals surface area contributed by atoms with Gasteiger partial charge in [-0.2, -0.15) is 0 Å². The number of fused-ring (bicyclic) bond motifs is 1. The second kappa shape index (κ2) is 5.04. The van der Waals surface area contributed by atoms with Gasteiger partial charge in [0.25, 0.3) is 0 Å².